The number of benzene rings is 1. The predicted octanol–water partition coefficient (Wildman–Crippen LogP) is 2.52. The van der Waals surface area contributed by atoms with Crippen LogP contribution in [0.3, 0.4) is 0 Å². The van der Waals surface area contributed by atoms with Gasteiger partial charge in [0.15, 0.2) is 0 Å². The van der Waals surface area contributed by atoms with E-state index in [-0.39, 0.29) is 6.04 Å². The number of anilines is 1. The van der Waals surface area contributed by atoms with E-state index in [1.807, 2.05) is 32.0 Å². The molecule has 1 unspecified atom stereocenters. The van der Waals surface area contributed by atoms with Crippen molar-refractivity contribution >= 4 is 29.5 Å². The molecule has 0 aliphatic carbocycles. The number of carbonyl (C=O) groups is 2. The lowest BCUT2D eigenvalue weighted by Crippen LogP contribution is -2.43. The Morgan fingerprint density at radius 2 is 2.10 bits per heavy atom. The van der Waals surface area contributed by atoms with Gasteiger partial charge in [-0.1, -0.05) is 11.6 Å². The molecule has 0 aromatic heterocycles. The highest BCUT2D eigenvalue weighted by Gasteiger charge is 2.18. The van der Waals surface area contributed by atoms with Gasteiger partial charge in [0.25, 0.3) is 5.91 Å². The van der Waals surface area contributed by atoms with E-state index >= 15 is 0 Å². The molecule has 0 radical (unpaired) electrons. The van der Waals surface area contributed by atoms with Gasteiger partial charge in [0.2, 0.25) is 6.29 Å². The molecule has 110 valence electrons. The van der Waals surface area contributed by atoms with Gasteiger partial charge in [-0.3, -0.25) is 9.59 Å². The van der Waals surface area contributed by atoms with Crippen LogP contribution < -0.4 is 4.90 Å². The van der Waals surface area contributed by atoms with Gasteiger partial charge in [-0.25, -0.2) is 0 Å². The van der Waals surface area contributed by atoms with Crippen molar-refractivity contribution in [3.63, 3.8) is 0 Å². The first-order valence-electron chi connectivity index (χ1n) is 6.63. The first kappa shape index (κ1) is 16.5. The highest BCUT2D eigenvalue weighted by molar-refractivity contribution is 6.31. The summed E-state index contributed by atoms with van der Waals surface area (Å²) in [6.45, 7) is 7.42. The molecule has 0 aliphatic heterocycles. The highest BCUT2D eigenvalue weighted by atomic mass is 35.5. The maximum Gasteiger partial charge on any atom is 0.286 e. The minimum absolute atomic E-state index is 0.0522. The van der Waals surface area contributed by atoms with Crippen molar-refractivity contribution in [2.45, 2.75) is 26.8 Å². The molecule has 5 heteroatoms. The van der Waals surface area contributed by atoms with Gasteiger partial charge in [0.05, 0.1) is 0 Å². The Morgan fingerprint density at radius 3 is 2.60 bits per heavy atom. The summed E-state index contributed by atoms with van der Waals surface area (Å²) in [5, 5.41) is 0.742. The van der Waals surface area contributed by atoms with E-state index in [1.54, 1.807) is 7.05 Å². The zero-order valence-electron chi connectivity index (χ0n) is 12.4. The fourth-order valence-electron chi connectivity index (χ4n) is 1.98. The normalized spacial score (nSPS) is 11.8. The summed E-state index contributed by atoms with van der Waals surface area (Å²) in [6.07, 6.45) is 0.346. The van der Waals surface area contributed by atoms with Crippen LogP contribution in [0.5, 0.6) is 0 Å². The second-order valence-corrected chi connectivity index (χ2v) is 5.30. The molecule has 0 N–H and O–H groups in total. The van der Waals surface area contributed by atoms with E-state index in [4.69, 9.17) is 11.6 Å². The van der Waals surface area contributed by atoms with Crippen molar-refractivity contribution in [1.82, 2.24) is 4.90 Å². The zero-order chi connectivity index (χ0) is 15.3. The van der Waals surface area contributed by atoms with Gasteiger partial charge in [0.1, 0.15) is 0 Å². The summed E-state index contributed by atoms with van der Waals surface area (Å²) in [5.74, 6) is -0.499. The molecule has 0 aliphatic rings. The second-order valence-electron chi connectivity index (χ2n) is 4.89. The van der Waals surface area contributed by atoms with Crippen molar-refractivity contribution in [2.24, 2.45) is 0 Å². The van der Waals surface area contributed by atoms with E-state index < -0.39 is 5.91 Å². The number of amides is 1. The standard InChI is InChI=1S/C15H21ClN2O2/c1-5-18(9-12(3)17(4)15(20)10-19)13-6-7-14(16)11(2)8-13/h6-8,10,12H,5,9H2,1-4H3. The predicted molar refractivity (Wildman–Crippen MR) is 82.4 cm³/mol. The molecule has 0 bridgehead atoms. The Labute approximate surface area is 125 Å². The van der Waals surface area contributed by atoms with Crippen LogP contribution in [-0.4, -0.2) is 43.3 Å². The van der Waals surface area contributed by atoms with Crippen LogP contribution in [0.4, 0.5) is 5.69 Å². The number of aryl methyl sites for hydroxylation is 1. The number of hydrogen-bond donors (Lipinski definition) is 0. The minimum Gasteiger partial charge on any atom is -0.370 e. The maximum atomic E-state index is 11.4. The van der Waals surface area contributed by atoms with Crippen LogP contribution >= 0.6 is 11.6 Å². The van der Waals surface area contributed by atoms with Crippen LogP contribution in [0.25, 0.3) is 0 Å². The molecule has 1 rings (SSSR count). The topological polar surface area (TPSA) is 40.6 Å². The summed E-state index contributed by atoms with van der Waals surface area (Å²) in [4.78, 5) is 25.5. The van der Waals surface area contributed by atoms with E-state index in [1.165, 1.54) is 4.90 Å². The van der Waals surface area contributed by atoms with Crippen molar-refractivity contribution < 1.29 is 9.59 Å². The Hall–Kier alpha value is -1.55. The summed E-state index contributed by atoms with van der Waals surface area (Å²) in [5.41, 5.74) is 2.08. The first-order chi connectivity index (χ1) is 9.40. The van der Waals surface area contributed by atoms with Crippen LogP contribution in [0.2, 0.25) is 5.02 Å². The smallest absolute Gasteiger partial charge is 0.286 e. The van der Waals surface area contributed by atoms with E-state index in [0.29, 0.717) is 12.8 Å². The number of nitrogens with zero attached hydrogens (tertiary/aromatic N) is 2. The van der Waals surface area contributed by atoms with Gasteiger partial charge >= 0.3 is 0 Å². The zero-order valence-corrected chi connectivity index (χ0v) is 13.1. The molecule has 0 saturated heterocycles. The molecule has 1 amide bonds. The molecule has 20 heavy (non-hydrogen) atoms. The van der Waals surface area contributed by atoms with Gasteiger partial charge in [-0.2, -0.15) is 0 Å². The van der Waals surface area contributed by atoms with E-state index in [9.17, 15) is 9.59 Å². The molecular weight excluding hydrogens is 276 g/mol. The van der Waals surface area contributed by atoms with Crippen molar-refractivity contribution in [2.75, 3.05) is 25.0 Å². The van der Waals surface area contributed by atoms with Gasteiger partial charge in [-0.05, 0) is 44.5 Å². The Kier molecular flexibility index (Phi) is 6.02. The summed E-state index contributed by atoms with van der Waals surface area (Å²) < 4.78 is 0. The lowest BCUT2D eigenvalue weighted by atomic mass is 10.2. The summed E-state index contributed by atoms with van der Waals surface area (Å²) in [7, 11) is 1.64. The second kappa shape index (κ2) is 7.29. The average molecular weight is 297 g/mol. The SMILES string of the molecule is CCN(CC(C)N(C)C(=O)C=O)c1ccc(Cl)c(C)c1. The van der Waals surface area contributed by atoms with Gasteiger partial charge in [-0.15, -0.1) is 0 Å². The summed E-state index contributed by atoms with van der Waals surface area (Å²) >= 11 is 6.03. The maximum absolute atomic E-state index is 11.4. The molecule has 0 saturated carbocycles. The van der Waals surface area contributed by atoms with Gasteiger partial charge in [0, 0.05) is 36.9 Å². The average Bonchev–Trinajstić information content (AvgIpc) is 2.45. The quantitative estimate of drug-likeness (QED) is 0.598. The number of carbonyl (C=O) groups excluding carboxylic acids is 2. The van der Waals surface area contributed by atoms with E-state index in [0.717, 1.165) is 22.8 Å². The fourth-order valence-corrected chi connectivity index (χ4v) is 2.10. The lowest BCUT2D eigenvalue weighted by molar-refractivity contribution is -0.139. The number of likely N-dealkylation sites (N-methyl/N-ethyl adjacent to an activating group) is 2. The largest absolute Gasteiger partial charge is 0.370 e. The van der Waals surface area contributed by atoms with Crippen LogP contribution in [0.15, 0.2) is 18.2 Å². The number of halogens is 1. The summed E-state index contributed by atoms with van der Waals surface area (Å²) in [6, 6.07) is 5.82. The van der Waals surface area contributed by atoms with Crippen molar-refractivity contribution in [1.29, 1.82) is 0 Å². The fraction of sp³-hybridized carbons (Fsp3) is 0.467. The van der Waals surface area contributed by atoms with Crippen molar-refractivity contribution in [3.8, 4) is 0 Å². The highest BCUT2D eigenvalue weighted by Crippen LogP contribution is 2.22. The van der Waals surface area contributed by atoms with Crippen LogP contribution in [0.1, 0.15) is 19.4 Å². The molecule has 0 fully saturated rings. The third-order valence-corrected chi connectivity index (χ3v) is 3.91. The molecule has 1 atom stereocenters. The van der Waals surface area contributed by atoms with Crippen LogP contribution in [-0.2, 0) is 9.59 Å². The van der Waals surface area contributed by atoms with Crippen molar-refractivity contribution in [3.05, 3.63) is 28.8 Å². The van der Waals surface area contributed by atoms with Crippen LogP contribution in [0, 0.1) is 6.92 Å². The number of aldehydes is 1. The van der Waals surface area contributed by atoms with E-state index in [2.05, 4.69) is 11.8 Å². The third-order valence-electron chi connectivity index (χ3n) is 3.48. The number of rotatable bonds is 6. The molecule has 0 spiro atoms. The molecule has 4 nitrogen and oxygen atoms in total. The Morgan fingerprint density at radius 1 is 1.45 bits per heavy atom. The molecule has 0 heterocycles. The number of hydrogen-bond acceptors (Lipinski definition) is 3. The van der Waals surface area contributed by atoms with Gasteiger partial charge < -0.3 is 9.80 Å². The Bertz CT molecular complexity index is 491. The monoisotopic (exact) mass is 296 g/mol. The Balaban J connectivity index is 2.83. The lowest BCUT2D eigenvalue weighted by Gasteiger charge is -2.31. The third kappa shape index (κ3) is 3.97. The minimum atomic E-state index is -0.499. The first-order valence-corrected chi connectivity index (χ1v) is 7.01. The molecule has 1 aromatic carbocycles. The molecular formula is C15H21ClN2O2. The molecule has 1 aromatic rings.